The van der Waals surface area contributed by atoms with E-state index in [1.54, 1.807) is 13.0 Å². The van der Waals surface area contributed by atoms with Crippen LogP contribution >= 0.6 is 0 Å². The molecular weight excluding hydrogens is 454 g/mol. The summed E-state index contributed by atoms with van der Waals surface area (Å²) < 4.78 is 21.1. The van der Waals surface area contributed by atoms with Gasteiger partial charge in [-0.15, -0.1) is 0 Å². The fourth-order valence-corrected chi connectivity index (χ4v) is 3.06. The Balaban J connectivity index is 2.73. The molecule has 0 spiro atoms. The van der Waals surface area contributed by atoms with Crippen LogP contribution in [0.2, 0.25) is 0 Å². The topological polar surface area (TPSA) is 131 Å². The Kier molecular flexibility index (Phi) is 14.3. The van der Waals surface area contributed by atoms with Crippen LogP contribution in [0.25, 0.3) is 0 Å². The quantitative estimate of drug-likeness (QED) is 0.206. The summed E-state index contributed by atoms with van der Waals surface area (Å²) in [6, 6.07) is 3.68. The van der Waals surface area contributed by atoms with Crippen LogP contribution in [0.3, 0.4) is 0 Å². The van der Waals surface area contributed by atoms with Gasteiger partial charge in [-0.2, -0.15) is 0 Å². The molecule has 0 unspecified atom stereocenters. The van der Waals surface area contributed by atoms with Crippen LogP contribution in [0.1, 0.15) is 84.6 Å². The number of carbonyl (C=O) groups excluding carboxylic acids is 4. The van der Waals surface area contributed by atoms with E-state index >= 15 is 0 Å². The van der Waals surface area contributed by atoms with Gasteiger partial charge in [-0.25, -0.2) is 0 Å². The summed E-state index contributed by atoms with van der Waals surface area (Å²) >= 11 is 0. The average Bonchev–Trinajstić information content (AvgIpc) is 2.79. The van der Waals surface area contributed by atoms with Crippen LogP contribution in [-0.4, -0.2) is 42.6 Å². The first-order valence-corrected chi connectivity index (χ1v) is 12.4. The molecule has 2 atom stereocenters. The third-order valence-corrected chi connectivity index (χ3v) is 4.90. The van der Waals surface area contributed by atoms with Crippen LogP contribution in [-0.2, 0) is 35.1 Å². The van der Waals surface area contributed by atoms with Gasteiger partial charge in [0.1, 0.15) is 18.8 Å². The molecule has 0 aromatic heterocycles. The van der Waals surface area contributed by atoms with E-state index in [0.29, 0.717) is 24.8 Å². The highest BCUT2D eigenvalue weighted by Crippen LogP contribution is 2.30. The highest BCUT2D eigenvalue weighted by molar-refractivity contribution is 5.77. The molecule has 1 aromatic carbocycles. The zero-order valence-electron chi connectivity index (χ0n) is 21.3. The number of carbonyl (C=O) groups is 4. The van der Waals surface area contributed by atoms with E-state index in [9.17, 15) is 19.2 Å². The minimum absolute atomic E-state index is 0.0429. The molecular formula is C26H39NO8. The summed E-state index contributed by atoms with van der Waals surface area (Å²) in [5, 5.41) is 0. The van der Waals surface area contributed by atoms with Crippen molar-refractivity contribution in [1.29, 1.82) is 0 Å². The summed E-state index contributed by atoms with van der Waals surface area (Å²) in [5.74, 6) is -1.65. The maximum Gasteiger partial charge on any atom is 0.323 e. The maximum absolute atomic E-state index is 12.4. The smallest absolute Gasteiger partial charge is 0.323 e. The van der Waals surface area contributed by atoms with Gasteiger partial charge in [0, 0.05) is 19.3 Å². The molecule has 1 rings (SSSR count). The number of benzene rings is 1. The normalized spacial score (nSPS) is 12.4. The van der Waals surface area contributed by atoms with E-state index < -0.39 is 30.1 Å². The zero-order valence-corrected chi connectivity index (χ0v) is 21.3. The van der Waals surface area contributed by atoms with Gasteiger partial charge in [-0.05, 0) is 50.3 Å². The summed E-state index contributed by atoms with van der Waals surface area (Å²) in [6.07, 6.45) is 4.18. The van der Waals surface area contributed by atoms with Crippen LogP contribution < -0.4 is 15.2 Å². The van der Waals surface area contributed by atoms with Crippen molar-refractivity contribution in [3.05, 3.63) is 23.8 Å². The molecule has 1 aromatic rings. The number of nitrogens with two attached hydrogens (primary N) is 1. The molecule has 0 heterocycles. The molecule has 0 saturated carbocycles. The van der Waals surface area contributed by atoms with Crippen molar-refractivity contribution in [2.45, 2.75) is 97.6 Å². The maximum atomic E-state index is 12.4. The minimum atomic E-state index is -0.995. The molecule has 0 aliphatic rings. The van der Waals surface area contributed by atoms with Gasteiger partial charge in [0.2, 0.25) is 0 Å². The predicted octanol–water partition coefficient (Wildman–Crippen LogP) is 4.02. The Hall–Kier alpha value is -2.94. The first kappa shape index (κ1) is 30.1. The Labute approximate surface area is 207 Å². The lowest BCUT2D eigenvalue weighted by Gasteiger charge is -2.18. The van der Waals surface area contributed by atoms with Crippen LogP contribution in [0, 0.1) is 0 Å². The summed E-state index contributed by atoms with van der Waals surface area (Å²) in [4.78, 5) is 48.1. The second-order valence-corrected chi connectivity index (χ2v) is 8.43. The number of esters is 4. The van der Waals surface area contributed by atoms with Crippen molar-refractivity contribution in [2.75, 3.05) is 6.61 Å². The van der Waals surface area contributed by atoms with E-state index in [1.807, 2.05) is 20.8 Å². The van der Waals surface area contributed by atoms with Gasteiger partial charge >= 0.3 is 23.9 Å². The summed E-state index contributed by atoms with van der Waals surface area (Å²) in [5.41, 5.74) is 6.61. The van der Waals surface area contributed by atoms with Crippen LogP contribution in [0.4, 0.5) is 0 Å². The molecule has 0 saturated heterocycles. The first-order chi connectivity index (χ1) is 16.7. The molecule has 0 radical (unpaired) electrons. The summed E-state index contributed by atoms with van der Waals surface area (Å²) in [6.45, 7) is 7.32. The molecule has 9 heteroatoms. The van der Waals surface area contributed by atoms with Gasteiger partial charge in [-0.3, -0.25) is 19.2 Å². The lowest BCUT2D eigenvalue weighted by Crippen LogP contribution is -2.37. The van der Waals surface area contributed by atoms with Crippen LogP contribution in [0.15, 0.2) is 18.2 Å². The van der Waals surface area contributed by atoms with Gasteiger partial charge < -0.3 is 24.7 Å². The average molecular weight is 494 g/mol. The number of hydrogen-bond donors (Lipinski definition) is 1. The van der Waals surface area contributed by atoms with E-state index in [1.165, 1.54) is 12.1 Å². The van der Waals surface area contributed by atoms with Crippen molar-refractivity contribution >= 4 is 23.9 Å². The molecule has 0 aliphatic carbocycles. The molecule has 0 fully saturated rings. The zero-order chi connectivity index (χ0) is 26.2. The van der Waals surface area contributed by atoms with Crippen LogP contribution in [0.5, 0.6) is 11.5 Å². The highest BCUT2D eigenvalue weighted by atomic mass is 16.6. The Bertz CT molecular complexity index is 839. The fourth-order valence-electron chi connectivity index (χ4n) is 3.06. The third kappa shape index (κ3) is 12.4. The molecule has 0 bridgehead atoms. The van der Waals surface area contributed by atoms with E-state index in [0.717, 1.165) is 19.3 Å². The minimum Gasteiger partial charge on any atom is -0.462 e. The Morgan fingerprint density at radius 3 is 2.06 bits per heavy atom. The van der Waals surface area contributed by atoms with Crippen molar-refractivity contribution in [3.8, 4) is 11.5 Å². The second kappa shape index (κ2) is 16.6. The molecule has 2 N–H and O–H groups in total. The standard InChI is InChI=1S/C26H39NO8/c1-5-8-9-12-23(28)32-17-18(4)33-26(31)20(27)15-19-13-14-21(34-24(29)10-6-2)22(16-19)35-25(30)11-7-3/h13-14,16,18,20H,5-12,15,17,27H2,1-4H3/t18-,20-/m0/s1. The summed E-state index contributed by atoms with van der Waals surface area (Å²) in [7, 11) is 0. The van der Waals surface area contributed by atoms with Gasteiger partial charge in [0.25, 0.3) is 0 Å². The highest BCUT2D eigenvalue weighted by Gasteiger charge is 2.21. The first-order valence-electron chi connectivity index (χ1n) is 12.4. The number of ether oxygens (including phenoxy) is 4. The van der Waals surface area contributed by atoms with Crippen molar-refractivity contribution < 1.29 is 38.1 Å². The van der Waals surface area contributed by atoms with Crippen molar-refractivity contribution in [3.63, 3.8) is 0 Å². The Morgan fingerprint density at radius 1 is 0.829 bits per heavy atom. The molecule has 0 amide bonds. The van der Waals surface area contributed by atoms with Gasteiger partial charge in [-0.1, -0.05) is 39.7 Å². The number of rotatable bonds is 16. The molecule has 0 aliphatic heterocycles. The number of unbranched alkanes of at least 4 members (excludes halogenated alkanes) is 2. The van der Waals surface area contributed by atoms with Crippen molar-refractivity contribution in [1.82, 2.24) is 0 Å². The third-order valence-electron chi connectivity index (χ3n) is 4.90. The fraction of sp³-hybridized carbons (Fsp3) is 0.615. The van der Waals surface area contributed by atoms with Gasteiger partial charge in [0.15, 0.2) is 11.5 Å². The molecule has 9 nitrogen and oxygen atoms in total. The Morgan fingerprint density at radius 2 is 1.46 bits per heavy atom. The monoisotopic (exact) mass is 493 g/mol. The van der Waals surface area contributed by atoms with Crippen molar-refractivity contribution in [2.24, 2.45) is 5.73 Å². The van der Waals surface area contributed by atoms with E-state index in [-0.39, 0.29) is 43.3 Å². The lowest BCUT2D eigenvalue weighted by atomic mass is 10.1. The number of hydrogen-bond acceptors (Lipinski definition) is 9. The van der Waals surface area contributed by atoms with E-state index in [2.05, 4.69) is 0 Å². The lowest BCUT2D eigenvalue weighted by molar-refractivity contribution is -0.159. The molecule has 35 heavy (non-hydrogen) atoms. The molecule has 196 valence electrons. The van der Waals surface area contributed by atoms with E-state index in [4.69, 9.17) is 24.7 Å². The second-order valence-electron chi connectivity index (χ2n) is 8.43. The predicted molar refractivity (Wildman–Crippen MR) is 130 cm³/mol. The van der Waals surface area contributed by atoms with Gasteiger partial charge in [0.05, 0.1) is 0 Å². The largest absolute Gasteiger partial charge is 0.462 e. The SMILES string of the molecule is CCCCCC(=O)OC[C@H](C)OC(=O)[C@@H](N)Cc1ccc(OC(=O)CCC)c(OC(=O)CCC)c1.